The first kappa shape index (κ1) is 18.6. The number of nitrogens with one attached hydrogen (secondary N) is 1. The van der Waals surface area contributed by atoms with Gasteiger partial charge in [0.1, 0.15) is 5.75 Å². The fourth-order valence-corrected chi connectivity index (χ4v) is 2.53. The Morgan fingerprint density at radius 2 is 1.89 bits per heavy atom. The summed E-state index contributed by atoms with van der Waals surface area (Å²) in [5, 5.41) is 6.62. The molecule has 0 bridgehead atoms. The quantitative estimate of drug-likeness (QED) is 0.721. The molecule has 0 fully saturated rings. The summed E-state index contributed by atoms with van der Waals surface area (Å²) in [4.78, 5) is 20.3. The van der Waals surface area contributed by atoms with E-state index in [1.54, 1.807) is 24.5 Å². The van der Waals surface area contributed by atoms with Crippen LogP contribution in [0.5, 0.6) is 5.75 Å². The van der Waals surface area contributed by atoms with Crippen LogP contribution in [0.2, 0.25) is 0 Å². The molecule has 0 saturated carbocycles. The van der Waals surface area contributed by atoms with Crippen LogP contribution in [0.15, 0.2) is 53.3 Å². The normalized spacial score (nSPS) is 11.2. The van der Waals surface area contributed by atoms with Gasteiger partial charge >= 0.3 is 0 Å². The molecule has 0 spiro atoms. The van der Waals surface area contributed by atoms with Crippen molar-refractivity contribution in [3.05, 3.63) is 60.2 Å². The second-order valence-electron chi connectivity index (χ2n) is 7.06. The number of hydrogen-bond acceptors (Lipinski definition) is 6. The number of hydrogen-bond donors (Lipinski definition) is 1. The molecule has 0 unspecified atom stereocenters. The minimum atomic E-state index is -0.262. The van der Waals surface area contributed by atoms with E-state index in [9.17, 15) is 4.79 Å². The van der Waals surface area contributed by atoms with Gasteiger partial charge in [0, 0.05) is 18.0 Å². The molecular formula is C20H22N4O3. The summed E-state index contributed by atoms with van der Waals surface area (Å²) in [6, 6.07) is 11.3. The van der Waals surface area contributed by atoms with Crippen molar-refractivity contribution in [1.82, 2.24) is 20.4 Å². The Balaban J connectivity index is 1.53. The zero-order valence-electron chi connectivity index (χ0n) is 15.6. The molecule has 140 valence electrons. The van der Waals surface area contributed by atoms with Crippen LogP contribution in [-0.2, 0) is 16.8 Å². The molecule has 1 amide bonds. The highest BCUT2D eigenvalue weighted by atomic mass is 16.5. The molecule has 2 heterocycles. The highest BCUT2D eigenvalue weighted by Gasteiger charge is 2.19. The second kappa shape index (κ2) is 7.99. The van der Waals surface area contributed by atoms with Gasteiger partial charge in [-0.25, -0.2) is 0 Å². The monoisotopic (exact) mass is 366 g/mol. The molecule has 7 heteroatoms. The molecule has 3 aromatic rings. The third-order valence-electron chi connectivity index (χ3n) is 3.90. The van der Waals surface area contributed by atoms with Crippen molar-refractivity contribution in [3.8, 4) is 17.1 Å². The van der Waals surface area contributed by atoms with E-state index in [1.165, 1.54) is 0 Å². The Morgan fingerprint density at radius 3 is 2.63 bits per heavy atom. The predicted molar refractivity (Wildman–Crippen MR) is 100 cm³/mol. The number of aromatic nitrogens is 3. The number of carbonyl (C=O) groups excluding carboxylic acids is 1. The first-order valence-corrected chi connectivity index (χ1v) is 8.65. The lowest BCUT2D eigenvalue weighted by atomic mass is 9.86. The van der Waals surface area contributed by atoms with Crippen LogP contribution in [0.3, 0.4) is 0 Å². The standard InChI is InChI=1S/C20H22N4O3/c1-20(2,3)15-6-4-5-7-16(15)26-13-17(25)22-12-18-23-19(24-27-18)14-8-10-21-11-9-14/h4-11H,12-13H2,1-3H3,(H,22,25). The molecule has 1 aromatic carbocycles. The van der Waals surface area contributed by atoms with E-state index in [-0.39, 0.29) is 24.5 Å². The summed E-state index contributed by atoms with van der Waals surface area (Å²) in [7, 11) is 0. The van der Waals surface area contributed by atoms with Crippen LogP contribution in [-0.4, -0.2) is 27.6 Å². The van der Waals surface area contributed by atoms with Gasteiger partial charge in [0.25, 0.3) is 5.91 Å². The molecular weight excluding hydrogens is 344 g/mol. The summed E-state index contributed by atoms with van der Waals surface area (Å²) in [6.45, 7) is 6.36. The van der Waals surface area contributed by atoms with Gasteiger partial charge in [0.15, 0.2) is 6.61 Å². The zero-order valence-corrected chi connectivity index (χ0v) is 15.6. The molecule has 0 radical (unpaired) electrons. The summed E-state index contributed by atoms with van der Waals surface area (Å²) in [5.41, 5.74) is 1.78. The molecule has 27 heavy (non-hydrogen) atoms. The minimum Gasteiger partial charge on any atom is -0.483 e. The fourth-order valence-electron chi connectivity index (χ4n) is 2.53. The first-order valence-electron chi connectivity index (χ1n) is 8.65. The van der Waals surface area contributed by atoms with Gasteiger partial charge in [-0.15, -0.1) is 0 Å². The van der Waals surface area contributed by atoms with Gasteiger partial charge < -0.3 is 14.6 Å². The lowest BCUT2D eigenvalue weighted by Gasteiger charge is -2.22. The first-order chi connectivity index (χ1) is 12.9. The van der Waals surface area contributed by atoms with Crippen molar-refractivity contribution in [1.29, 1.82) is 0 Å². The Hall–Kier alpha value is -3.22. The van der Waals surface area contributed by atoms with E-state index in [0.717, 1.165) is 11.1 Å². The van der Waals surface area contributed by atoms with Crippen LogP contribution in [0.1, 0.15) is 32.2 Å². The third kappa shape index (κ3) is 4.91. The zero-order chi connectivity index (χ0) is 19.3. The molecule has 0 aliphatic rings. The van der Waals surface area contributed by atoms with E-state index >= 15 is 0 Å². The van der Waals surface area contributed by atoms with Crippen LogP contribution >= 0.6 is 0 Å². The van der Waals surface area contributed by atoms with Crippen LogP contribution in [0.4, 0.5) is 0 Å². The van der Waals surface area contributed by atoms with Gasteiger partial charge in [-0.2, -0.15) is 4.98 Å². The summed E-state index contributed by atoms with van der Waals surface area (Å²) in [6.07, 6.45) is 3.31. The topological polar surface area (TPSA) is 90.1 Å². The predicted octanol–water partition coefficient (Wildman–Crippen LogP) is 3.12. The van der Waals surface area contributed by atoms with Crippen LogP contribution in [0, 0.1) is 0 Å². The van der Waals surface area contributed by atoms with Crippen molar-refractivity contribution in [3.63, 3.8) is 0 Å². The summed E-state index contributed by atoms with van der Waals surface area (Å²) in [5.74, 6) is 1.22. The summed E-state index contributed by atoms with van der Waals surface area (Å²) >= 11 is 0. The molecule has 0 atom stereocenters. The van der Waals surface area contributed by atoms with Crippen LogP contribution < -0.4 is 10.1 Å². The largest absolute Gasteiger partial charge is 0.483 e. The highest BCUT2D eigenvalue weighted by Crippen LogP contribution is 2.30. The molecule has 1 N–H and O–H groups in total. The number of para-hydroxylation sites is 1. The molecule has 0 saturated heterocycles. The van der Waals surface area contributed by atoms with Gasteiger partial charge in [-0.3, -0.25) is 9.78 Å². The van der Waals surface area contributed by atoms with Gasteiger partial charge in [-0.05, 0) is 29.2 Å². The van der Waals surface area contributed by atoms with Gasteiger partial charge in [0.2, 0.25) is 11.7 Å². The maximum absolute atomic E-state index is 12.1. The van der Waals surface area contributed by atoms with E-state index < -0.39 is 0 Å². The maximum atomic E-state index is 12.1. The van der Waals surface area contributed by atoms with Crippen molar-refractivity contribution in [2.45, 2.75) is 32.7 Å². The Kier molecular flexibility index (Phi) is 5.49. The van der Waals surface area contributed by atoms with E-state index in [1.807, 2.05) is 24.3 Å². The van der Waals surface area contributed by atoms with E-state index in [2.05, 4.69) is 41.2 Å². The highest BCUT2D eigenvalue weighted by molar-refractivity contribution is 5.77. The number of nitrogens with zero attached hydrogens (tertiary/aromatic N) is 3. The summed E-state index contributed by atoms with van der Waals surface area (Å²) < 4.78 is 10.9. The van der Waals surface area contributed by atoms with E-state index in [4.69, 9.17) is 9.26 Å². The Labute approximate surface area is 157 Å². The average molecular weight is 366 g/mol. The number of rotatable bonds is 6. The maximum Gasteiger partial charge on any atom is 0.258 e. The second-order valence-corrected chi connectivity index (χ2v) is 7.06. The number of ether oxygens (including phenoxy) is 1. The smallest absolute Gasteiger partial charge is 0.258 e. The molecule has 7 nitrogen and oxygen atoms in total. The van der Waals surface area contributed by atoms with Gasteiger partial charge in [0.05, 0.1) is 6.54 Å². The Bertz CT molecular complexity index is 901. The molecule has 0 aliphatic carbocycles. The molecule has 2 aromatic heterocycles. The minimum absolute atomic E-state index is 0.0693. The van der Waals surface area contributed by atoms with Gasteiger partial charge in [-0.1, -0.05) is 44.1 Å². The fraction of sp³-hybridized carbons (Fsp3) is 0.300. The number of pyridine rings is 1. The average Bonchev–Trinajstić information content (AvgIpc) is 3.14. The lowest BCUT2D eigenvalue weighted by Crippen LogP contribution is -2.29. The number of amides is 1. The third-order valence-corrected chi connectivity index (χ3v) is 3.90. The number of carbonyl (C=O) groups is 1. The molecule has 0 aliphatic heterocycles. The van der Waals surface area contributed by atoms with Crippen molar-refractivity contribution >= 4 is 5.91 Å². The molecule has 3 rings (SSSR count). The van der Waals surface area contributed by atoms with E-state index in [0.29, 0.717) is 17.5 Å². The van der Waals surface area contributed by atoms with Crippen molar-refractivity contribution in [2.24, 2.45) is 0 Å². The lowest BCUT2D eigenvalue weighted by molar-refractivity contribution is -0.123. The van der Waals surface area contributed by atoms with Crippen molar-refractivity contribution < 1.29 is 14.1 Å². The van der Waals surface area contributed by atoms with Crippen LogP contribution in [0.25, 0.3) is 11.4 Å². The van der Waals surface area contributed by atoms with Crippen molar-refractivity contribution in [2.75, 3.05) is 6.61 Å². The SMILES string of the molecule is CC(C)(C)c1ccccc1OCC(=O)NCc1nc(-c2ccncc2)no1. The Morgan fingerprint density at radius 1 is 1.15 bits per heavy atom. The number of benzene rings is 1.